The molecular weight excluding hydrogens is 409 g/mol. The summed E-state index contributed by atoms with van der Waals surface area (Å²) < 4.78 is 44.7. The molecule has 0 radical (unpaired) electrons. The average molecular weight is 429 g/mol. The molecular formula is C19H20ClF3N4O2. The third-order valence-electron chi connectivity index (χ3n) is 5.12. The zero-order chi connectivity index (χ0) is 20.6. The zero-order valence-electron chi connectivity index (χ0n) is 15.5. The fraction of sp³-hybridized carbons (Fsp3) is 0.474. The largest absolute Gasteiger partial charge is 0.491 e. The van der Waals surface area contributed by atoms with E-state index in [1.807, 2.05) is 12.1 Å². The lowest BCUT2D eigenvalue weighted by molar-refractivity contribution is -0.138. The van der Waals surface area contributed by atoms with Crippen molar-refractivity contribution in [2.75, 3.05) is 19.7 Å². The number of hydrogen-bond donors (Lipinski definition) is 1. The van der Waals surface area contributed by atoms with E-state index < -0.39 is 12.6 Å². The van der Waals surface area contributed by atoms with Crippen LogP contribution >= 0.6 is 11.6 Å². The van der Waals surface area contributed by atoms with Crippen LogP contribution in [0.4, 0.5) is 13.2 Å². The van der Waals surface area contributed by atoms with E-state index in [0.717, 1.165) is 17.0 Å². The number of ether oxygens (including phenoxy) is 1. The molecule has 2 aliphatic rings. The molecule has 2 aliphatic heterocycles. The first-order valence-electron chi connectivity index (χ1n) is 9.35. The van der Waals surface area contributed by atoms with Crippen LogP contribution in [0.5, 0.6) is 5.75 Å². The molecule has 1 N–H and O–H groups in total. The van der Waals surface area contributed by atoms with E-state index in [9.17, 15) is 18.0 Å². The number of amides is 1. The summed E-state index contributed by atoms with van der Waals surface area (Å²) in [5.41, 5.74) is 1.84. The normalized spacial score (nSPS) is 19.2. The predicted octanol–water partition coefficient (Wildman–Crippen LogP) is 3.04. The van der Waals surface area contributed by atoms with Gasteiger partial charge in [0.25, 0.3) is 5.91 Å². The molecule has 29 heavy (non-hydrogen) atoms. The van der Waals surface area contributed by atoms with E-state index in [0.29, 0.717) is 37.7 Å². The summed E-state index contributed by atoms with van der Waals surface area (Å²) in [5, 5.41) is 7.81. The predicted molar refractivity (Wildman–Crippen MR) is 100 cm³/mol. The molecule has 10 heteroatoms. The Balaban J connectivity index is 1.37. The Morgan fingerprint density at radius 1 is 1.34 bits per heavy atom. The Kier molecular flexibility index (Phi) is 5.44. The molecule has 3 heterocycles. The minimum Gasteiger partial charge on any atom is -0.491 e. The Morgan fingerprint density at radius 3 is 2.97 bits per heavy atom. The van der Waals surface area contributed by atoms with Gasteiger partial charge in [0.05, 0.1) is 24.7 Å². The number of rotatable bonds is 4. The van der Waals surface area contributed by atoms with Crippen molar-refractivity contribution in [3.05, 3.63) is 46.2 Å². The number of benzene rings is 1. The molecule has 1 aromatic heterocycles. The second-order valence-electron chi connectivity index (χ2n) is 7.29. The molecule has 0 saturated heterocycles. The molecule has 0 unspecified atom stereocenters. The summed E-state index contributed by atoms with van der Waals surface area (Å²) in [7, 11) is 0. The van der Waals surface area contributed by atoms with E-state index in [4.69, 9.17) is 16.3 Å². The zero-order valence-corrected chi connectivity index (χ0v) is 16.3. The van der Waals surface area contributed by atoms with Crippen LogP contribution in [-0.2, 0) is 19.5 Å². The molecule has 6 nitrogen and oxygen atoms in total. The summed E-state index contributed by atoms with van der Waals surface area (Å²) in [6.07, 6.45) is -4.47. The minimum absolute atomic E-state index is 0.0597. The van der Waals surface area contributed by atoms with Gasteiger partial charge in [-0.3, -0.25) is 14.4 Å². The number of carbonyl (C=O) groups is 1. The summed E-state index contributed by atoms with van der Waals surface area (Å²) in [5.74, 6) is 0.386. The maximum atomic E-state index is 12.6. The number of nitrogens with one attached hydrogen (secondary N) is 1. The van der Waals surface area contributed by atoms with Gasteiger partial charge in [-0.05, 0) is 18.2 Å². The first-order valence-corrected chi connectivity index (χ1v) is 9.73. The quantitative estimate of drug-likeness (QED) is 0.813. The van der Waals surface area contributed by atoms with Crippen molar-refractivity contribution >= 4 is 17.5 Å². The van der Waals surface area contributed by atoms with Crippen molar-refractivity contribution in [2.24, 2.45) is 0 Å². The maximum Gasteiger partial charge on any atom is 0.390 e. The van der Waals surface area contributed by atoms with Crippen LogP contribution < -0.4 is 10.1 Å². The van der Waals surface area contributed by atoms with Crippen LogP contribution in [0, 0.1) is 0 Å². The van der Waals surface area contributed by atoms with Gasteiger partial charge in [0.2, 0.25) is 0 Å². The van der Waals surface area contributed by atoms with Gasteiger partial charge in [0.1, 0.15) is 12.4 Å². The molecule has 0 spiro atoms. The molecule has 0 fully saturated rings. The fourth-order valence-corrected chi connectivity index (χ4v) is 3.87. The molecule has 1 atom stereocenters. The lowest BCUT2D eigenvalue weighted by Gasteiger charge is -2.27. The van der Waals surface area contributed by atoms with Gasteiger partial charge in [-0.1, -0.05) is 17.7 Å². The van der Waals surface area contributed by atoms with Gasteiger partial charge < -0.3 is 10.1 Å². The van der Waals surface area contributed by atoms with Crippen molar-refractivity contribution in [1.82, 2.24) is 20.0 Å². The van der Waals surface area contributed by atoms with E-state index in [1.165, 1.54) is 0 Å². The number of hydrogen-bond acceptors (Lipinski definition) is 4. The van der Waals surface area contributed by atoms with Crippen molar-refractivity contribution in [2.45, 2.75) is 38.1 Å². The van der Waals surface area contributed by atoms with Crippen molar-refractivity contribution < 1.29 is 22.7 Å². The van der Waals surface area contributed by atoms with Crippen LogP contribution in [0.3, 0.4) is 0 Å². The van der Waals surface area contributed by atoms with Crippen molar-refractivity contribution in [3.63, 3.8) is 0 Å². The number of carbonyl (C=O) groups excluding carboxylic acids is 1. The van der Waals surface area contributed by atoms with Gasteiger partial charge in [0.15, 0.2) is 5.69 Å². The van der Waals surface area contributed by atoms with Gasteiger partial charge in [0, 0.05) is 36.6 Å². The molecule has 0 bridgehead atoms. The van der Waals surface area contributed by atoms with E-state index >= 15 is 0 Å². The summed E-state index contributed by atoms with van der Waals surface area (Å²) in [6, 6.07) is 6.83. The molecule has 156 valence electrons. The van der Waals surface area contributed by atoms with Gasteiger partial charge >= 0.3 is 6.18 Å². The average Bonchev–Trinajstić information content (AvgIpc) is 3.10. The highest BCUT2D eigenvalue weighted by molar-refractivity contribution is 6.31. The first-order chi connectivity index (χ1) is 13.8. The van der Waals surface area contributed by atoms with Crippen LogP contribution in [0.25, 0.3) is 0 Å². The highest BCUT2D eigenvalue weighted by atomic mass is 35.5. The second-order valence-corrected chi connectivity index (χ2v) is 7.69. The molecule has 4 rings (SSSR count). The van der Waals surface area contributed by atoms with E-state index in [-0.39, 0.29) is 24.2 Å². The van der Waals surface area contributed by atoms with Gasteiger partial charge in [-0.25, -0.2) is 0 Å². The highest BCUT2D eigenvalue weighted by Gasteiger charge is 2.30. The number of halogens is 4. The Labute approximate surface area is 170 Å². The van der Waals surface area contributed by atoms with Gasteiger partial charge in [-0.15, -0.1) is 0 Å². The monoisotopic (exact) mass is 428 g/mol. The van der Waals surface area contributed by atoms with Gasteiger partial charge in [-0.2, -0.15) is 18.3 Å². The Bertz CT molecular complexity index is 915. The molecule has 2 aromatic rings. The summed E-state index contributed by atoms with van der Waals surface area (Å²) in [6.45, 7) is 1.53. The third kappa shape index (κ3) is 4.67. The minimum atomic E-state index is -4.17. The number of fused-ring (bicyclic) bond motifs is 2. The first kappa shape index (κ1) is 20.0. The highest BCUT2D eigenvalue weighted by Crippen LogP contribution is 2.31. The maximum absolute atomic E-state index is 12.6. The van der Waals surface area contributed by atoms with E-state index in [1.54, 1.807) is 21.7 Å². The smallest absolute Gasteiger partial charge is 0.390 e. The molecule has 0 saturated carbocycles. The number of alkyl halides is 3. The SMILES string of the molecule is O=C(N[C@H]1COc2cccc(Cl)c2C1)c1cc2n(n1)CCN(CCC(F)(F)F)C2. The van der Waals surface area contributed by atoms with Crippen LogP contribution in [-0.4, -0.2) is 52.5 Å². The molecule has 1 aromatic carbocycles. The topological polar surface area (TPSA) is 59.4 Å². The van der Waals surface area contributed by atoms with Crippen molar-refractivity contribution in [1.29, 1.82) is 0 Å². The van der Waals surface area contributed by atoms with Crippen molar-refractivity contribution in [3.8, 4) is 5.75 Å². The molecule has 0 aliphatic carbocycles. The lowest BCUT2D eigenvalue weighted by Crippen LogP contribution is -2.43. The Hall–Kier alpha value is -2.26. The summed E-state index contributed by atoms with van der Waals surface area (Å²) >= 11 is 6.21. The van der Waals surface area contributed by atoms with Crippen LogP contribution in [0.15, 0.2) is 24.3 Å². The third-order valence-corrected chi connectivity index (χ3v) is 5.48. The fourth-order valence-electron chi connectivity index (χ4n) is 3.63. The molecule has 1 amide bonds. The number of aromatic nitrogens is 2. The van der Waals surface area contributed by atoms with Crippen LogP contribution in [0.1, 0.15) is 28.2 Å². The number of nitrogens with zero attached hydrogens (tertiary/aromatic N) is 3. The standard InChI is InChI=1S/C19H20ClF3N4O2/c20-15-2-1-3-17-14(15)8-12(11-29-17)24-18(28)16-9-13-10-26(5-4-19(21,22)23)6-7-27(13)25-16/h1-3,9,12H,4-8,10-11H2,(H,24,28)/t12-/m1/s1. The summed E-state index contributed by atoms with van der Waals surface area (Å²) in [4.78, 5) is 14.4. The van der Waals surface area contributed by atoms with E-state index in [2.05, 4.69) is 10.4 Å². The van der Waals surface area contributed by atoms with Crippen LogP contribution in [0.2, 0.25) is 5.02 Å². The lowest BCUT2D eigenvalue weighted by atomic mass is 10.0. The Morgan fingerprint density at radius 2 is 2.17 bits per heavy atom. The second kappa shape index (κ2) is 7.87.